The van der Waals surface area contributed by atoms with Gasteiger partial charge < -0.3 is 5.11 Å². The van der Waals surface area contributed by atoms with Gasteiger partial charge in [0.2, 0.25) is 0 Å². The molecule has 15 heavy (non-hydrogen) atoms. The van der Waals surface area contributed by atoms with Crippen LogP contribution in [0.25, 0.3) is 0 Å². The molecule has 0 aliphatic carbocycles. The Balaban J connectivity index is 3.51. The number of hydrogen-bond donors (Lipinski definition) is 1. The van der Waals surface area contributed by atoms with Gasteiger partial charge in [-0.05, 0) is 12.5 Å². The fourth-order valence-corrected chi connectivity index (χ4v) is 1.21. The maximum Gasteiger partial charge on any atom is 0.354 e. The van der Waals surface area contributed by atoms with Crippen LogP contribution in [0.2, 0.25) is 0 Å². The molecule has 1 heterocycles. The van der Waals surface area contributed by atoms with Crippen molar-refractivity contribution in [2.24, 2.45) is 0 Å². The van der Waals surface area contributed by atoms with Crippen LogP contribution in [0, 0.1) is 18.3 Å². The predicted molar refractivity (Wildman–Crippen MR) is 45.6 cm³/mol. The van der Waals surface area contributed by atoms with Crippen LogP contribution in [-0.4, -0.2) is 16.1 Å². The van der Waals surface area contributed by atoms with Crippen molar-refractivity contribution in [3.05, 3.63) is 28.6 Å². The van der Waals surface area contributed by atoms with E-state index in [1.54, 1.807) is 6.07 Å². The molecule has 1 aromatic heterocycles. The molecule has 0 radical (unpaired) electrons. The Morgan fingerprint density at radius 2 is 2.27 bits per heavy atom. The first-order valence-corrected chi connectivity index (χ1v) is 3.90. The molecule has 0 aliphatic heterocycles. The van der Waals surface area contributed by atoms with E-state index in [0.29, 0.717) is 0 Å². The van der Waals surface area contributed by atoms with Gasteiger partial charge in [0.15, 0.2) is 5.69 Å². The highest BCUT2D eigenvalue weighted by Gasteiger charge is 2.21. The molecule has 1 aromatic rings. The summed E-state index contributed by atoms with van der Waals surface area (Å²) in [5.74, 6) is -1.39. The zero-order valence-electron chi connectivity index (χ0n) is 7.66. The maximum atomic E-state index is 12.5. The van der Waals surface area contributed by atoms with Crippen molar-refractivity contribution in [3.63, 3.8) is 0 Å². The number of alkyl halides is 2. The van der Waals surface area contributed by atoms with E-state index in [0.717, 1.165) is 6.20 Å². The van der Waals surface area contributed by atoms with E-state index in [4.69, 9.17) is 10.4 Å². The number of rotatable bonds is 2. The number of aromatic carboxylic acids is 1. The summed E-state index contributed by atoms with van der Waals surface area (Å²) in [7, 11) is 0. The van der Waals surface area contributed by atoms with Crippen molar-refractivity contribution >= 4 is 5.97 Å². The van der Waals surface area contributed by atoms with Crippen molar-refractivity contribution in [2.45, 2.75) is 13.3 Å². The molecule has 1 N–H and O–H groups in total. The second-order valence-electron chi connectivity index (χ2n) is 2.78. The average Bonchev–Trinajstić information content (AvgIpc) is 2.15. The fourth-order valence-electron chi connectivity index (χ4n) is 1.21. The molecule has 0 aliphatic rings. The number of nitriles is 1. The molecule has 0 saturated carbocycles. The number of carboxylic acid groups (broad SMARTS) is 1. The molecule has 0 fully saturated rings. The molecule has 78 valence electrons. The molecule has 0 atom stereocenters. The molecule has 4 nitrogen and oxygen atoms in total. The summed E-state index contributed by atoms with van der Waals surface area (Å²) < 4.78 is 25.1. The normalized spacial score (nSPS) is 10.1. The summed E-state index contributed by atoms with van der Waals surface area (Å²) in [5, 5.41) is 17.2. The molecule has 0 amide bonds. The average molecular weight is 212 g/mol. The fraction of sp³-hybridized carbons (Fsp3) is 0.222. The summed E-state index contributed by atoms with van der Waals surface area (Å²) in [6.07, 6.45) is -2.04. The molecule has 0 unspecified atom stereocenters. The Kier molecular flexibility index (Phi) is 2.95. The van der Waals surface area contributed by atoms with E-state index in [1.165, 1.54) is 6.92 Å². The first kappa shape index (κ1) is 11.0. The van der Waals surface area contributed by atoms with E-state index in [2.05, 4.69) is 4.98 Å². The van der Waals surface area contributed by atoms with Gasteiger partial charge in [0.05, 0.1) is 5.56 Å². The number of hydrogen-bond acceptors (Lipinski definition) is 3. The van der Waals surface area contributed by atoms with Crippen LogP contribution in [0.15, 0.2) is 6.20 Å². The molecule has 0 saturated heterocycles. The zero-order valence-corrected chi connectivity index (χ0v) is 7.66. The minimum Gasteiger partial charge on any atom is -0.477 e. The molecule has 6 heteroatoms. The Bertz CT molecular complexity index is 452. The molecular formula is C9H6F2N2O2. The van der Waals surface area contributed by atoms with E-state index in [-0.39, 0.29) is 11.1 Å². The van der Waals surface area contributed by atoms with Crippen LogP contribution in [0.1, 0.15) is 33.6 Å². The van der Waals surface area contributed by atoms with Gasteiger partial charge in [0.25, 0.3) is 6.43 Å². The Hall–Kier alpha value is -2.03. The molecule has 0 spiro atoms. The van der Waals surface area contributed by atoms with E-state index < -0.39 is 23.7 Å². The van der Waals surface area contributed by atoms with Gasteiger partial charge in [0.1, 0.15) is 6.07 Å². The zero-order chi connectivity index (χ0) is 11.6. The van der Waals surface area contributed by atoms with Crippen molar-refractivity contribution in [1.82, 2.24) is 4.98 Å². The molecule has 0 bridgehead atoms. The summed E-state index contributed by atoms with van der Waals surface area (Å²) in [4.78, 5) is 14.0. The van der Waals surface area contributed by atoms with Gasteiger partial charge in [-0.1, -0.05) is 0 Å². The first-order valence-electron chi connectivity index (χ1n) is 3.90. The topological polar surface area (TPSA) is 74.0 Å². The Labute approximate surface area is 83.8 Å². The number of nitrogens with zero attached hydrogens (tertiary/aromatic N) is 2. The maximum absolute atomic E-state index is 12.5. The lowest BCUT2D eigenvalue weighted by Crippen LogP contribution is -2.08. The van der Waals surface area contributed by atoms with Gasteiger partial charge >= 0.3 is 5.97 Å². The largest absolute Gasteiger partial charge is 0.477 e. The summed E-state index contributed by atoms with van der Waals surface area (Å²) >= 11 is 0. The van der Waals surface area contributed by atoms with Crippen LogP contribution in [-0.2, 0) is 0 Å². The number of aromatic nitrogens is 1. The van der Waals surface area contributed by atoms with Gasteiger partial charge in [-0.15, -0.1) is 0 Å². The Morgan fingerprint density at radius 3 is 2.67 bits per heavy atom. The van der Waals surface area contributed by atoms with Crippen LogP contribution >= 0.6 is 0 Å². The van der Waals surface area contributed by atoms with Crippen LogP contribution in [0.3, 0.4) is 0 Å². The third-order valence-corrected chi connectivity index (χ3v) is 1.91. The van der Waals surface area contributed by atoms with Crippen molar-refractivity contribution in [3.8, 4) is 6.07 Å². The third-order valence-electron chi connectivity index (χ3n) is 1.91. The minimum absolute atomic E-state index is 0.170. The second-order valence-corrected chi connectivity index (χ2v) is 2.78. The third kappa shape index (κ3) is 1.91. The smallest absolute Gasteiger partial charge is 0.354 e. The standard InChI is InChI=1S/C9H6F2N2O2/c1-4-6(8(10)11)5(2-12)3-13-7(4)9(14)15/h3,8H,1H3,(H,14,15). The van der Waals surface area contributed by atoms with Gasteiger partial charge in [-0.2, -0.15) is 5.26 Å². The number of pyridine rings is 1. The molecular weight excluding hydrogens is 206 g/mol. The van der Waals surface area contributed by atoms with Crippen LogP contribution < -0.4 is 0 Å². The summed E-state index contributed by atoms with van der Waals surface area (Å²) in [5.41, 5.74) is -1.49. The number of carboxylic acids is 1. The minimum atomic E-state index is -2.89. The van der Waals surface area contributed by atoms with Crippen LogP contribution in [0.4, 0.5) is 8.78 Å². The number of carbonyl (C=O) groups is 1. The van der Waals surface area contributed by atoms with E-state index in [9.17, 15) is 13.6 Å². The van der Waals surface area contributed by atoms with Crippen LogP contribution in [0.5, 0.6) is 0 Å². The summed E-state index contributed by atoms with van der Waals surface area (Å²) in [6, 6.07) is 1.55. The van der Waals surface area contributed by atoms with Gasteiger partial charge in [0, 0.05) is 11.8 Å². The Morgan fingerprint density at radius 1 is 1.67 bits per heavy atom. The first-order chi connectivity index (χ1) is 6.99. The van der Waals surface area contributed by atoms with Crippen molar-refractivity contribution in [2.75, 3.05) is 0 Å². The quantitative estimate of drug-likeness (QED) is 0.812. The molecule has 0 aromatic carbocycles. The monoisotopic (exact) mass is 212 g/mol. The SMILES string of the molecule is Cc1c(C(=O)O)ncc(C#N)c1C(F)F. The lowest BCUT2D eigenvalue weighted by molar-refractivity contribution is 0.0689. The van der Waals surface area contributed by atoms with Gasteiger partial charge in [-0.3, -0.25) is 0 Å². The highest BCUT2D eigenvalue weighted by molar-refractivity contribution is 5.87. The number of halogens is 2. The molecule has 1 rings (SSSR count). The lowest BCUT2D eigenvalue weighted by atomic mass is 10.0. The summed E-state index contributed by atoms with van der Waals surface area (Å²) in [6.45, 7) is 1.21. The van der Waals surface area contributed by atoms with Crippen molar-refractivity contribution in [1.29, 1.82) is 5.26 Å². The highest BCUT2D eigenvalue weighted by atomic mass is 19.3. The van der Waals surface area contributed by atoms with E-state index in [1.807, 2.05) is 0 Å². The van der Waals surface area contributed by atoms with Gasteiger partial charge in [-0.25, -0.2) is 18.6 Å². The lowest BCUT2D eigenvalue weighted by Gasteiger charge is -2.08. The predicted octanol–water partition coefficient (Wildman–Crippen LogP) is 1.90. The second kappa shape index (κ2) is 4.00. The van der Waals surface area contributed by atoms with E-state index >= 15 is 0 Å². The van der Waals surface area contributed by atoms with Crippen molar-refractivity contribution < 1.29 is 18.7 Å². The highest BCUT2D eigenvalue weighted by Crippen LogP contribution is 2.27.